The number of benzene rings is 20. The van der Waals surface area contributed by atoms with Gasteiger partial charge in [-0.2, -0.15) is 0 Å². The van der Waals surface area contributed by atoms with E-state index >= 15 is 0 Å². The van der Waals surface area contributed by atoms with Crippen LogP contribution in [-0.4, -0.2) is 34.0 Å². The van der Waals surface area contributed by atoms with Crippen LogP contribution in [0, 0.1) is 0 Å². The van der Waals surface area contributed by atoms with Crippen molar-refractivity contribution in [3.63, 3.8) is 0 Å². The van der Waals surface area contributed by atoms with Crippen LogP contribution in [0.2, 0.25) is 0 Å². The van der Waals surface area contributed by atoms with Crippen LogP contribution in [-0.2, 0) is 0 Å². The van der Waals surface area contributed by atoms with Crippen LogP contribution in [0.4, 0.5) is 0 Å². The molecule has 540 valence electrons. The van der Waals surface area contributed by atoms with E-state index in [2.05, 4.69) is 303 Å². The average Bonchev–Trinajstić information content (AvgIpc) is 1.74. The van der Waals surface area contributed by atoms with Crippen molar-refractivity contribution >= 4 is 215 Å². The first kappa shape index (κ1) is 62.7. The summed E-state index contributed by atoms with van der Waals surface area (Å²) < 4.78 is 64.6. The highest BCUT2D eigenvalue weighted by atomic mass is 16.7. The minimum Gasteiger partial charge on any atom is -0.457 e. The van der Waals surface area contributed by atoms with Crippen molar-refractivity contribution < 1.29 is 47.4 Å². The highest BCUT2D eigenvalue weighted by molar-refractivity contribution is 6.28. The van der Waals surface area contributed by atoms with E-state index in [9.17, 15) is 0 Å². The summed E-state index contributed by atoms with van der Waals surface area (Å²) in [5.41, 5.74) is 0. The molecule has 0 spiro atoms. The molecule has 0 atom stereocenters. The second-order valence-corrected chi connectivity index (χ2v) is 30.8. The van der Waals surface area contributed by atoms with Gasteiger partial charge in [-0.1, -0.05) is 182 Å². The molecular formula is C105H60O10. The molecule has 0 aliphatic carbocycles. The summed E-state index contributed by atoms with van der Waals surface area (Å²) in [4.78, 5) is 0. The van der Waals surface area contributed by atoms with E-state index in [-0.39, 0.29) is 34.0 Å². The Morgan fingerprint density at radius 1 is 0.104 bits per heavy atom. The summed E-state index contributed by atoms with van der Waals surface area (Å²) in [5.74, 6) is 7.76. The molecule has 45 aromatic rings. The van der Waals surface area contributed by atoms with E-state index in [1.165, 1.54) is 0 Å². The molecule has 5 heterocycles. The largest absolute Gasteiger partial charge is 0.457 e. The lowest BCUT2D eigenvalue weighted by molar-refractivity contribution is 0.125. The third kappa shape index (κ3) is 9.39. The maximum Gasteiger partial charge on any atom is 0.230 e. The zero-order chi connectivity index (χ0) is 74.8. The molecule has 45 aromatic carbocycles. The van der Waals surface area contributed by atoms with Gasteiger partial charge >= 0.3 is 0 Å². The number of ether oxygens (including phenoxy) is 10. The molecule has 0 radical (unpaired) electrons. The predicted molar refractivity (Wildman–Crippen MR) is 469 cm³/mol. The first-order valence-electron chi connectivity index (χ1n) is 38.9. The first-order chi connectivity index (χ1) is 56.9. The standard InChI is InChI=1S/C105H60O10/c1-21-76-66-11-31-86-96(76)97-78-23-3-58(43-68(78)13-33-87(97)107-51-106-86)59-5-25-80-70(44-59)15-35-90-100(80)101-82-27-7-62(47-72(82)17-37-91(101)111-53-110-90)63-9-29-84-74(48-63)19-39-94-104(84)105-85-30-10-65(50-75(85)20-40-95(105)115-55-114-94)64-8-28-83-73(49-64)18-38-93-103(83)102-81-26-6-61(46-71(81)16-36-92(102)112-54-113-93)60-4-24-79-69(45-60)14-34-89-99(79)98-77-22-2-57(56(1)41-66)42-67(77)12-32-88(98)108-52-109-89/h1-50H,51-55H2. The molecule has 10 heteroatoms. The normalized spacial score (nSPS) is 13.7. The van der Waals surface area contributed by atoms with Crippen LogP contribution in [0.25, 0.3) is 215 Å². The van der Waals surface area contributed by atoms with Crippen LogP contribution in [0.1, 0.15) is 0 Å². The van der Waals surface area contributed by atoms with Crippen molar-refractivity contribution in [3.8, 4) is 57.5 Å². The maximum absolute atomic E-state index is 6.46. The molecule has 115 heavy (non-hydrogen) atoms. The second kappa shape index (κ2) is 23.8. The molecule has 0 saturated heterocycles. The van der Waals surface area contributed by atoms with E-state index in [1.54, 1.807) is 0 Å². The molecule has 0 saturated carbocycles. The van der Waals surface area contributed by atoms with Gasteiger partial charge in [0.15, 0.2) is 0 Å². The Labute approximate surface area is 653 Å². The molecule has 10 nitrogen and oxygen atoms in total. The van der Waals surface area contributed by atoms with E-state index in [4.69, 9.17) is 47.4 Å². The van der Waals surface area contributed by atoms with E-state index in [0.717, 1.165) is 273 Å². The molecule has 40 bridgehead atoms. The Balaban J connectivity index is 0.696. The summed E-state index contributed by atoms with van der Waals surface area (Å²) in [6.07, 6.45) is 0. The molecule has 50 rings (SSSR count). The lowest BCUT2D eigenvalue weighted by Gasteiger charge is -2.11. The Bertz CT molecular complexity index is 6850. The third-order valence-corrected chi connectivity index (χ3v) is 24.9. The van der Waals surface area contributed by atoms with Crippen LogP contribution >= 0.6 is 0 Å². The molecule has 5 aliphatic heterocycles. The van der Waals surface area contributed by atoms with Crippen molar-refractivity contribution in [2.24, 2.45) is 0 Å². The van der Waals surface area contributed by atoms with Gasteiger partial charge in [-0.05, 0) is 283 Å². The lowest BCUT2D eigenvalue weighted by Crippen LogP contribution is -2.03. The van der Waals surface area contributed by atoms with Crippen molar-refractivity contribution in [3.05, 3.63) is 303 Å². The average molecular weight is 1480 g/mol. The van der Waals surface area contributed by atoms with E-state index < -0.39 is 0 Å². The van der Waals surface area contributed by atoms with Gasteiger partial charge < -0.3 is 47.4 Å². The molecule has 0 fully saturated rings. The molecular weight excluding hydrogens is 1420 g/mol. The number of hydrogen-bond donors (Lipinski definition) is 0. The fourth-order valence-corrected chi connectivity index (χ4v) is 19.5. The summed E-state index contributed by atoms with van der Waals surface area (Å²) in [5, 5.41) is 42.7. The minimum absolute atomic E-state index is 0.0939. The highest BCUT2D eigenvalue weighted by Crippen LogP contribution is 2.51. The van der Waals surface area contributed by atoms with Crippen LogP contribution < -0.4 is 47.4 Å². The fourth-order valence-electron chi connectivity index (χ4n) is 19.5. The maximum atomic E-state index is 6.46. The van der Waals surface area contributed by atoms with E-state index in [0.29, 0.717) is 0 Å². The van der Waals surface area contributed by atoms with Crippen molar-refractivity contribution in [1.29, 1.82) is 0 Å². The summed E-state index contributed by atoms with van der Waals surface area (Å²) >= 11 is 0. The molecule has 0 aromatic heterocycles. The van der Waals surface area contributed by atoms with Gasteiger partial charge in [0.05, 0.1) is 0 Å². The Morgan fingerprint density at radius 3 is 0.304 bits per heavy atom. The SMILES string of the molecule is c1cc2cc3ccc2c2c1OCOc1ccc4cc(ccc4c12)c1ccc2c(ccc4c2c2c(ccc5cc(ccc52)c2ccc5c(ccc6c5c5c(ccc7cc(ccc75)c5ccc7c(ccc8c7c7c(ccc9cc(ccc97)c7ccc9c(ccc%10c9c9c(ccc%11cc3ccc%119)OCO%10)c7)OCO8)c5)OCO6)c2)OCO4)c1. The summed E-state index contributed by atoms with van der Waals surface area (Å²) in [6.45, 7) is 0.470. The third-order valence-electron chi connectivity index (χ3n) is 24.9. The van der Waals surface area contributed by atoms with Crippen LogP contribution in [0.15, 0.2) is 303 Å². The van der Waals surface area contributed by atoms with Crippen molar-refractivity contribution in [2.75, 3.05) is 34.0 Å². The Morgan fingerprint density at radius 2 is 0.200 bits per heavy atom. The second-order valence-electron chi connectivity index (χ2n) is 30.8. The topological polar surface area (TPSA) is 92.3 Å². The zero-order valence-corrected chi connectivity index (χ0v) is 61.5. The van der Waals surface area contributed by atoms with Crippen molar-refractivity contribution in [1.82, 2.24) is 0 Å². The van der Waals surface area contributed by atoms with Gasteiger partial charge in [0.2, 0.25) is 34.0 Å². The van der Waals surface area contributed by atoms with Gasteiger partial charge in [-0.15, -0.1) is 0 Å². The number of rotatable bonds is 0. The summed E-state index contributed by atoms with van der Waals surface area (Å²) in [6, 6.07) is 110. The van der Waals surface area contributed by atoms with E-state index in [1.807, 2.05) is 0 Å². The van der Waals surface area contributed by atoms with Crippen molar-refractivity contribution in [2.45, 2.75) is 0 Å². The van der Waals surface area contributed by atoms with Crippen LogP contribution in [0.3, 0.4) is 0 Å². The summed E-state index contributed by atoms with van der Waals surface area (Å²) in [7, 11) is 0. The molecule has 5 aliphatic rings. The quantitative estimate of drug-likeness (QED) is 0.146. The predicted octanol–water partition coefficient (Wildman–Crippen LogP) is 27.3. The highest BCUT2D eigenvalue weighted by Gasteiger charge is 2.25. The Kier molecular flexibility index (Phi) is 13.0. The fraction of sp³-hybridized carbons (Fsp3) is 0.0476. The first-order valence-corrected chi connectivity index (χ1v) is 38.9. The molecule has 0 amide bonds. The monoisotopic (exact) mass is 1480 g/mol. The zero-order valence-electron chi connectivity index (χ0n) is 61.5. The lowest BCUT2D eigenvalue weighted by atomic mass is 9.94. The molecule has 0 N–H and O–H groups in total. The Hall–Kier alpha value is -15.0. The minimum atomic E-state index is 0.0939. The number of hydrogen-bond acceptors (Lipinski definition) is 10. The smallest absolute Gasteiger partial charge is 0.230 e. The van der Waals surface area contributed by atoms with Gasteiger partial charge in [0, 0.05) is 53.9 Å². The molecule has 0 unspecified atom stereocenters. The van der Waals surface area contributed by atoms with Gasteiger partial charge in [0.1, 0.15) is 57.5 Å². The van der Waals surface area contributed by atoms with Crippen LogP contribution in [0.5, 0.6) is 57.5 Å². The van der Waals surface area contributed by atoms with Gasteiger partial charge in [0.25, 0.3) is 0 Å². The van der Waals surface area contributed by atoms with Gasteiger partial charge in [-0.25, -0.2) is 0 Å². The van der Waals surface area contributed by atoms with Gasteiger partial charge in [-0.3, -0.25) is 0 Å².